The van der Waals surface area contributed by atoms with Crippen molar-refractivity contribution in [3.05, 3.63) is 44.4 Å². The molecule has 140 valence electrons. The minimum atomic E-state index is 0.0367. The second kappa shape index (κ2) is 6.80. The number of carbonyl (C=O) groups is 1. The fourth-order valence-corrected chi connectivity index (χ4v) is 5.51. The predicted molar refractivity (Wildman–Crippen MR) is 110 cm³/mol. The number of hydrogen-bond donors (Lipinski definition) is 0. The quantitative estimate of drug-likeness (QED) is 0.758. The Morgan fingerprint density at radius 1 is 1.15 bits per heavy atom. The van der Waals surface area contributed by atoms with Gasteiger partial charge in [-0.3, -0.25) is 9.59 Å². The average Bonchev–Trinajstić information content (AvgIpc) is 2.52. The second-order valence-electron chi connectivity index (χ2n) is 8.78. The Hall–Kier alpha value is -1.68. The summed E-state index contributed by atoms with van der Waals surface area (Å²) in [4.78, 5) is 29.0. The van der Waals surface area contributed by atoms with Crippen LogP contribution >= 0.6 is 11.3 Å². The third-order valence-electron chi connectivity index (χ3n) is 5.36. The first kappa shape index (κ1) is 19.1. The van der Waals surface area contributed by atoms with Crippen molar-refractivity contribution in [3.63, 3.8) is 0 Å². The SMILES string of the molecule is CC(C)N(C(=O)c1ccc2c(=O)c3c(sc2c1)CC(C)(C)CC3)C(C)C. The fraction of sp³-hybridized carbons (Fsp3) is 0.545. The zero-order valence-corrected chi connectivity index (χ0v) is 17.5. The minimum Gasteiger partial charge on any atom is -0.334 e. The molecule has 0 fully saturated rings. The number of hydrogen-bond acceptors (Lipinski definition) is 3. The Bertz CT molecular complexity index is 900. The van der Waals surface area contributed by atoms with E-state index in [4.69, 9.17) is 0 Å². The maximum atomic E-state index is 13.0. The van der Waals surface area contributed by atoms with Crippen LogP contribution < -0.4 is 5.43 Å². The maximum Gasteiger partial charge on any atom is 0.254 e. The van der Waals surface area contributed by atoms with E-state index in [1.807, 2.05) is 50.8 Å². The first-order valence-corrected chi connectivity index (χ1v) is 10.3. The van der Waals surface area contributed by atoms with Crippen LogP contribution in [0.25, 0.3) is 10.1 Å². The molecule has 0 atom stereocenters. The summed E-state index contributed by atoms with van der Waals surface area (Å²) in [5, 5.41) is 0.755. The van der Waals surface area contributed by atoms with Crippen LogP contribution in [0, 0.1) is 5.41 Å². The summed E-state index contributed by atoms with van der Waals surface area (Å²) in [6.45, 7) is 12.7. The van der Waals surface area contributed by atoms with E-state index in [0.29, 0.717) is 5.56 Å². The van der Waals surface area contributed by atoms with Crippen molar-refractivity contribution in [1.29, 1.82) is 0 Å². The fourth-order valence-electron chi connectivity index (χ4n) is 4.01. The zero-order chi connectivity index (χ0) is 19.2. The van der Waals surface area contributed by atoms with E-state index >= 15 is 0 Å². The van der Waals surface area contributed by atoms with Gasteiger partial charge < -0.3 is 4.90 Å². The predicted octanol–water partition coefficient (Wildman–Crippen LogP) is 5.04. The molecule has 1 amide bonds. The molecule has 0 aliphatic heterocycles. The smallest absolute Gasteiger partial charge is 0.254 e. The van der Waals surface area contributed by atoms with Gasteiger partial charge in [-0.15, -0.1) is 11.3 Å². The van der Waals surface area contributed by atoms with E-state index < -0.39 is 0 Å². The van der Waals surface area contributed by atoms with Gasteiger partial charge in [0.05, 0.1) is 0 Å². The zero-order valence-electron chi connectivity index (χ0n) is 16.7. The highest BCUT2D eigenvalue weighted by molar-refractivity contribution is 7.18. The molecule has 0 unspecified atom stereocenters. The lowest BCUT2D eigenvalue weighted by Gasteiger charge is -2.31. The van der Waals surface area contributed by atoms with Gasteiger partial charge in [0.2, 0.25) is 0 Å². The number of benzene rings is 1. The second-order valence-corrected chi connectivity index (χ2v) is 9.92. The van der Waals surface area contributed by atoms with Crippen LogP contribution in [-0.2, 0) is 12.8 Å². The van der Waals surface area contributed by atoms with Gasteiger partial charge in [0.25, 0.3) is 5.91 Å². The van der Waals surface area contributed by atoms with Gasteiger partial charge in [-0.25, -0.2) is 0 Å². The van der Waals surface area contributed by atoms with Crippen LogP contribution in [0.2, 0.25) is 0 Å². The van der Waals surface area contributed by atoms with E-state index in [1.165, 1.54) is 4.88 Å². The van der Waals surface area contributed by atoms with Crippen molar-refractivity contribution in [2.24, 2.45) is 5.41 Å². The van der Waals surface area contributed by atoms with Crippen molar-refractivity contribution in [2.75, 3.05) is 0 Å². The van der Waals surface area contributed by atoms with E-state index in [1.54, 1.807) is 11.3 Å². The number of rotatable bonds is 3. The Morgan fingerprint density at radius 3 is 2.42 bits per heavy atom. The summed E-state index contributed by atoms with van der Waals surface area (Å²) < 4.78 is 0.935. The van der Waals surface area contributed by atoms with Crippen LogP contribution in [0.5, 0.6) is 0 Å². The van der Waals surface area contributed by atoms with Gasteiger partial charge in [-0.1, -0.05) is 13.8 Å². The summed E-state index contributed by atoms with van der Waals surface area (Å²) in [5.41, 5.74) is 2.06. The summed E-state index contributed by atoms with van der Waals surface area (Å²) >= 11 is 1.70. The molecule has 0 N–H and O–H groups in total. The molecular weight excluding hydrogens is 342 g/mol. The Labute approximate surface area is 160 Å². The van der Waals surface area contributed by atoms with E-state index in [9.17, 15) is 9.59 Å². The molecule has 1 aliphatic rings. The van der Waals surface area contributed by atoms with Crippen molar-refractivity contribution in [1.82, 2.24) is 4.90 Å². The highest BCUT2D eigenvalue weighted by atomic mass is 32.1. The first-order chi connectivity index (χ1) is 12.1. The summed E-state index contributed by atoms with van der Waals surface area (Å²) in [6.07, 6.45) is 2.87. The standard InChI is InChI=1S/C22H29NO2S/c1-13(2)23(14(3)4)21(25)15-7-8-16-18(11-15)26-19-12-22(5,6)10-9-17(19)20(16)24/h7-8,11,13-14H,9-10,12H2,1-6H3. The normalized spacial score (nSPS) is 16.2. The van der Waals surface area contributed by atoms with Gasteiger partial charge >= 0.3 is 0 Å². The summed E-state index contributed by atoms with van der Waals surface area (Å²) in [6, 6.07) is 5.86. The molecule has 0 saturated heterocycles. The van der Waals surface area contributed by atoms with E-state index in [0.717, 1.165) is 34.9 Å². The lowest BCUT2D eigenvalue weighted by Crippen LogP contribution is -2.42. The molecule has 0 saturated carbocycles. The number of amides is 1. The maximum absolute atomic E-state index is 13.0. The summed E-state index contributed by atoms with van der Waals surface area (Å²) in [5.74, 6) is 0.0367. The molecule has 0 spiro atoms. The van der Waals surface area contributed by atoms with Crippen LogP contribution in [0.3, 0.4) is 0 Å². The van der Waals surface area contributed by atoms with E-state index in [-0.39, 0.29) is 28.8 Å². The van der Waals surface area contributed by atoms with E-state index in [2.05, 4.69) is 13.8 Å². The van der Waals surface area contributed by atoms with Gasteiger partial charge in [0.1, 0.15) is 0 Å². The van der Waals surface area contributed by atoms with Crippen molar-refractivity contribution < 1.29 is 4.79 Å². The van der Waals surface area contributed by atoms with Crippen molar-refractivity contribution >= 4 is 27.3 Å². The topological polar surface area (TPSA) is 37.4 Å². The molecule has 0 radical (unpaired) electrons. The molecule has 4 heteroatoms. The van der Waals surface area contributed by atoms with Gasteiger partial charge in [0, 0.05) is 38.2 Å². The van der Waals surface area contributed by atoms with Gasteiger partial charge in [0.15, 0.2) is 5.43 Å². The average molecular weight is 372 g/mol. The van der Waals surface area contributed by atoms with Crippen molar-refractivity contribution in [3.8, 4) is 0 Å². The lowest BCUT2D eigenvalue weighted by molar-refractivity contribution is 0.0644. The molecule has 1 heterocycles. The lowest BCUT2D eigenvalue weighted by atomic mass is 9.77. The molecule has 1 aromatic heterocycles. The Morgan fingerprint density at radius 2 is 1.81 bits per heavy atom. The highest BCUT2D eigenvalue weighted by Crippen LogP contribution is 2.37. The number of fused-ring (bicyclic) bond motifs is 2. The molecular formula is C22H29NO2S. The van der Waals surface area contributed by atoms with Crippen LogP contribution in [0.1, 0.15) is 68.8 Å². The minimum absolute atomic E-state index is 0.0367. The highest BCUT2D eigenvalue weighted by Gasteiger charge is 2.28. The van der Waals surface area contributed by atoms with Crippen LogP contribution in [0.15, 0.2) is 23.0 Å². The number of nitrogens with zero attached hydrogens (tertiary/aromatic N) is 1. The Balaban J connectivity index is 2.09. The number of carbonyl (C=O) groups excluding carboxylic acids is 1. The Kier molecular flexibility index (Phi) is 5.00. The van der Waals surface area contributed by atoms with Gasteiger partial charge in [-0.2, -0.15) is 0 Å². The molecule has 3 nitrogen and oxygen atoms in total. The van der Waals surface area contributed by atoms with Crippen LogP contribution in [-0.4, -0.2) is 22.9 Å². The monoisotopic (exact) mass is 371 g/mol. The summed E-state index contributed by atoms with van der Waals surface area (Å²) in [7, 11) is 0. The third-order valence-corrected chi connectivity index (χ3v) is 6.55. The van der Waals surface area contributed by atoms with Crippen LogP contribution in [0.4, 0.5) is 0 Å². The third kappa shape index (κ3) is 3.44. The molecule has 0 bridgehead atoms. The molecule has 2 aromatic rings. The molecule has 1 aromatic carbocycles. The molecule has 26 heavy (non-hydrogen) atoms. The van der Waals surface area contributed by atoms with Gasteiger partial charge in [-0.05, 0) is 70.6 Å². The first-order valence-electron chi connectivity index (χ1n) is 9.52. The largest absolute Gasteiger partial charge is 0.334 e. The van der Waals surface area contributed by atoms with Crippen molar-refractivity contribution in [2.45, 2.75) is 72.9 Å². The molecule has 3 rings (SSSR count). The molecule has 1 aliphatic carbocycles.